The average molecular weight is 1400 g/mol. The Bertz CT molecular complexity index is 1870. The molecule has 0 saturated carbocycles. The standard InChI is InChI=1S/C76H148O17P2/c1-9-69(8)55-47-39-31-23-19-20-24-32-40-48-56-73(78)86-62-71(92-76(81)59-51-43-34-26-18-14-16-22-29-37-45-53-67(4)5)64-90-94(82,83)88-60-70(77)61-89-95(84,85)91-65-72(63-87-74(79)57-49-41-35-27-30-38-46-54-68(6)7)93-75(80)58-50-42-33-25-17-13-11-10-12-15-21-28-36-44-52-66(2)3/h66-72,77H,9-65H2,1-8H3,(H,82,83)(H,84,85)/t69?,70?,71-,72-/m1/s1. The van der Waals surface area contributed by atoms with Crippen molar-refractivity contribution in [2.45, 2.75) is 401 Å². The number of phosphoric acid groups is 2. The molecule has 0 aliphatic heterocycles. The predicted molar refractivity (Wildman–Crippen MR) is 386 cm³/mol. The molecule has 0 aromatic carbocycles. The van der Waals surface area contributed by atoms with Crippen molar-refractivity contribution in [2.75, 3.05) is 39.6 Å². The molecule has 3 N–H and O–H groups in total. The van der Waals surface area contributed by atoms with Gasteiger partial charge in [0.2, 0.25) is 0 Å². The van der Waals surface area contributed by atoms with Crippen molar-refractivity contribution in [1.29, 1.82) is 0 Å². The zero-order valence-electron chi connectivity index (χ0n) is 62.3. The predicted octanol–water partition coefficient (Wildman–Crippen LogP) is 22.0. The molecular weight excluding hydrogens is 1250 g/mol. The van der Waals surface area contributed by atoms with E-state index in [1.165, 1.54) is 180 Å². The van der Waals surface area contributed by atoms with Crippen LogP contribution in [0.25, 0.3) is 0 Å². The van der Waals surface area contributed by atoms with Crippen LogP contribution in [0.3, 0.4) is 0 Å². The van der Waals surface area contributed by atoms with Crippen molar-refractivity contribution in [3.63, 3.8) is 0 Å². The molecule has 0 saturated heterocycles. The van der Waals surface area contributed by atoms with Crippen molar-refractivity contribution in [3.05, 3.63) is 0 Å². The summed E-state index contributed by atoms with van der Waals surface area (Å²) in [6.45, 7) is 14.2. The zero-order chi connectivity index (χ0) is 70.3. The van der Waals surface area contributed by atoms with Gasteiger partial charge in [0, 0.05) is 25.7 Å². The molecular formula is C76H148O17P2. The Morgan fingerprint density at radius 3 is 0.747 bits per heavy atom. The van der Waals surface area contributed by atoms with E-state index in [-0.39, 0.29) is 25.7 Å². The summed E-state index contributed by atoms with van der Waals surface area (Å²) < 4.78 is 68.5. The van der Waals surface area contributed by atoms with Crippen LogP contribution in [-0.4, -0.2) is 96.7 Å². The summed E-state index contributed by atoms with van der Waals surface area (Å²) in [6.07, 6.45) is 49.9. The van der Waals surface area contributed by atoms with Crippen molar-refractivity contribution < 1.29 is 80.2 Å². The Morgan fingerprint density at radius 2 is 0.505 bits per heavy atom. The quantitative estimate of drug-likeness (QED) is 0.0222. The molecule has 0 fully saturated rings. The summed E-state index contributed by atoms with van der Waals surface area (Å²) in [5.41, 5.74) is 0. The summed E-state index contributed by atoms with van der Waals surface area (Å²) >= 11 is 0. The minimum absolute atomic E-state index is 0.106. The van der Waals surface area contributed by atoms with E-state index in [1.54, 1.807) is 0 Å². The summed E-state index contributed by atoms with van der Waals surface area (Å²) in [6, 6.07) is 0. The first kappa shape index (κ1) is 93.1. The normalized spacial score (nSPS) is 14.4. The van der Waals surface area contributed by atoms with Gasteiger partial charge in [0.25, 0.3) is 0 Å². The topological polar surface area (TPSA) is 237 Å². The Hall–Kier alpha value is -1.94. The van der Waals surface area contributed by atoms with Gasteiger partial charge in [-0.3, -0.25) is 37.3 Å². The second-order valence-corrected chi connectivity index (χ2v) is 32.0. The van der Waals surface area contributed by atoms with Crippen LogP contribution < -0.4 is 0 Å². The second kappa shape index (κ2) is 65.4. The minimum atomic E-state index is -4.96. The molecule has 4 unspecified atom stereocenters. The number of carbonyl (C=O) groups is 4. The van der Waals surface area contributed by atoms with Crippen LogP contribution in [0.5, 0.6) is 0 Å². The zero-order valence-corrected chi connectivity index (χ0v) is 64.1. The SMILES string of the molecule is CCC(C)CCCCCCCCCCCCC(=O)OC[C@H](COP(=O)(O)OCC(O)COP(=O)(O)OC[C@@H](COC(=O)CCCCCCCCCC(C)C)OC(=O)CCCCCCCCCCCCCCCCC(C)C)OC(=O)CCCCCCCCCCCCCC(C)C. The van der Waals surface area contributed by atoms with E-state index in [9.17, 15) is 43.2 Å². The maximum atomic E-state index is 13.1. The fourth-order valence-corrected chi connectivity index (χ4v) is 13.1. The molecule has 0 heterocycles. The van der Waals surface area contributed by atoms with Crippen LogP contribution in [0.4, 0.5) is 0 Å². The van der Waals surface area contributed by atoms with E-state index >= 15 is 0 Å². The third-order valence-electron chi connectivity index (χ3n) is 17.9. The van der Waals surface area contributed by atoms with Crippen LogP contribution >= 0.6 is 15.6 Å². The van der Waals surface area contributed by atoms with E-state index < -0.39 is 97.5 Å². The monoisotopic (exact) mass is 1400 g/mol. The van der Waals surface area contributed by atoms with Crippen molar-refractivity contribution >= 4 is 39.5 Å². The molecule has 19 heteroatoms. The van der Waals surface area contributed by atoms with Gasteiger partial charge >= 0.3 is 39.5 Å². The first-order valence-electron chi connectivity index (χ1n) is 39.2. The van der Waals surface area contributed by atoms with E-state index in [0.717, 1.165) is 114 Å². The first-order chi connectivity index (χ1) is 45.6. The fraction of sp³-hybridized carbons (Fsp3) is 0.947. The van der Waals surface area contributed by atoms with E-state index in [2.05, 4.69) is 55.4 Å². The molecule has 95 heavy (non-hydrogen) atoms. The Balaban J connectivity index is 5.25. The smallest absolute Gasteiger partial charge is 0.462 e. The molecule has 0 amide bonds. The van der Waals surface area contributed by atoms with Crippen LogP contribution in [0.15, 0.2) is 0 Å². The van der Waals surface area contributed by atoms with Crippen LogP contribution in [0.1, 0.15) is 383 Å². The fourth-order valence-electron chi connectivity index (χ4n) is 11.5. The highest BCUT2D eigenvalue weighted by molar-refractivity contribution is 7.47. The Labute approximate surface area is 581 Å². The van der Waals surface area contributed by atoms with Gasteiger partial charge in [0.15, 0.2) is 12.2 Å². The summed E-state index contributed by atoms with van der Waals surface area (Å²) in [4.78, 5) is 72.8. The number of esters is 4. The largest absolute Gasteiger partial charge is 0.472 e. The number of aliphatic hydroxyl groups is 1. The van der Waals surface area contributed by atoms with Gasteiger partial charge in [-0.05, 0) is 49.4 Å². The number of ether oxygens (including phenoxy) is 4. The lowest BCUT2D eigenvalue weighted by Crippen LogP contribution is -2.30. The van der Waals surface area contributed by atoms with Gasteiger partial charge in [-0.1, -0.05) is 331 Å². The lowest BCUT2D eigenvalue weighted by atomic mass is 9.99. The molecule has 564 valence electrons. The number of carbonyl (C=O) groups excluding carboxylic acids is 4. The highest BCUT2D eigenvalue weighted by Gasteiger charge is 2.30. The molecule has 0 bridgehead atoms. The molecule has 0 aliphatic rings. The van der Waals surface area contributed by atoms with Crippen LogP contribution in [0, 0.1) is 23.7 Å². The summed E-state index contributed by atoms with van der Waals surface area (Å²) in [5.74, 6) is 0.954. The number of hydrogen-bond donors (Lipinski definition) is 3. The lowest BCUT2D eigenvalue weighted by Gasteiger charge is -2.21. The van der Waals surface area contributed by atoms with Gasteiger partial charge < -0.3 is 33.8 Å². The van der Waals surface area contributed by atoms with Gasteiger partial charge in [0.1, 0.15) is 19.3 Å². The Kier molecular flexibility index (Phi) is 64.0. The van der Waals surface area contributed by atoms with Gasteiger partial charge in [0.05, 0.1) is 26.4 Å². The molecule has 0 spiro atoms. The second-order valence-electron chi connectivity index (χ2n) is 29.1. The summed E-state index contributed by atoms with van der Waals surface area (Å²) in [5, 5.41) is 10.6. The van der Waals surface area contributed by atoms with Crippen LogP contribution in [0.2, 0.25) is 0 Å². The maximum absolute atomic E-state index is 13.1. The molecule has 0 aromatic rings. The van der Waals surface area contributed by atoms with Crippen molar-refractivity contribution in [1.82, 2.24) is 0 Å². The van der Waals surface area contributed by atoms with Crippen molar-refractivity contribution in [3.8, 4) is 0 Å². The molecule has 0 aliphatic carbocycles. The third kappa shape index (κ3) is 69.0. The van der Waals surface area contributed by atoms with Gasteiger partial charge in [-0.15, -0.1) is 0 Å². The highest BCUT2D eigenvalue weighted by atomic mass is 31.2. The number of unbranched alkanes of at least 4 members (excludes halogenated alkanes) is 38. The highest BCUT2D eigenvalue weighted by Crippen LogP contribution is 2.45. The number of aliphatic hydroxyl groups excluding tert-OH is 1. The number of rotatable bonds is 73. The molecule has 0 rings (SSSR count). The van der Waals surface area contributed by atoms with E-state index in [0.29, 0.717) is 31.6 Å². The van der Waals surface area contributed by atoms with Gasteiger partial charge in [-0.25, -0.2) is 9.13 Å². The number of phosphoric ester groups is 2. The third-order valence-corrected chi connectivity index (χ3v) is 19.8. The van der Waals surface area contributed by atoms with Gasteiger partial charge in [-0.2, -0.15) is 0 Å². The molecule has 6 atom stereocenters. The maximum Gasteiger partial charge on any atom is 0.472 e. The van der Waals surface area contributed by atoms with Crippen LogP contribution in [-0.2, 0) is 65.4 Å². The van der Waals surface area contributed by atoms with E-state index in [4.69, 9.17) is 37.0 Å². The molecule has 0 radical (unpaired) electrons. The van der Waals surface area contributed by atoms with E-state index in [1.807, 2.05) is 0 Å². The lowest BCUT2D eigenvalue weighted by molar-refractivity contribution is -0.161. The molecule has 0 aromatic heterocycles. The van der Waals surface area contributed by atoms with Crippen molar-refractivity contribution in [2.24, 2.45) is 23.7 Å². The average Bonchev–Trinajstić information content (AvgIpc) is 1.55. The first-order valence-corrected chi connectivity index (χ1v) is 42.2. The Morgan fingerprint density at radius 1 is 0.295 bits per heavy atom. The minimum Gasteiger partial charge on any atom is -0.462 e. The number of hydrogen-bond acceptors (Lipinski definition) is 15. The molecule has 17 nitrogen and oxygen atoms in total. The summed E-state index contributed by atoms with van der Waals surface area (Å²) in [7, 11) is -9.91.